The largest absolute Gasteiger partial charge is 0.256 e. The van der Waals surface area contributed by atoms with E-state index >= 15 is 0 Å². The van der Waals surface area contributed by atoms with Crippen LogP contribution in [0.3, 0.4) is 0 Å². The Morgan fingerprint density at radius 2 is 1.95 bits per heavy atom. The van der Waals surface area contributed by atoms with Crippen LogP contribution in [-0.4, -0.2) is 4.98 Å². The van der Waals surface area contributed by atoms with Gasteiger partial charge in [0, 0.05) is 11.8 Å². The van der Waals surface area contributed by atoms with Crippen molar-refractivity contribution < 1.29 is 0 Å². The Morgan fingerprint density at radius 1 is 1.16 bits per heavy atom. The molecule has 0 aliphatic heterocycles. The van der Waals surface area contributed by atoms with Gasteiger partial charge in [-0.15, -0.1) is 0 Å². The highest BCUT2D eigenvalue weighted by molar-refractivity contribution is 5.80. The summed E-state index contributed by atoms with van der Waals surface area (Å²) in [6.45, 7) is 6.46. The van der Waals surface area contributed by atoms with Crippen molar-refractivity contribution in [1.82, 2.24) is 4.98 Å². The van der Waals surface area contributed by atoms with E-state index in [1.165, 1.54) is 22.3 Å². The van der Waals surface area contributed by atoms with Crippen molar-refractivity contribution in [2.75, 3.05) is 0 Å². The molecule has 0 atom stereocenters. The van der Waals surface area contributed by atoms with Crippen LogP contribution in [-0.2, 0) is 0 Å². The van der Waals surface area contributed by atoms with E-state index in [4.69, 9.17) is 0 Å². The molecule has 0 spiro atoms. The van der Waals surface area contributed by atoms with Crippen molar-refractivity contribution >= 4 is 5.57 Å². The fraction of sp³-hybridized carbons (Fsp3) is 0.278. The van der Waals surface area contributed by atoms with Crippen LogP contribution in [0, 0.1) is 6.92 Å². The summed E-state index contributed by atoms with van der Waals surface area (Å²) >= 11 is 0. The maximum Gasteiger partial charge on any atom is 0.0737 e. The third-order valence-corrected chi connectivity index (χ3v) is 3.41. The van der Waals surface area contributed by atoms with Gasteiger partial charge in [-0.05, 0) is 43.0 Å². The Bertz CT molecular complexity index is 582. The van der Waals surface area contributed by atoms with Gasteiger partial charge in [-0.3, -0.25) is 4.98 Å². The normalized spacial score (nSPS) is 11.6. The van der Waals surface area contributed by atoms with Crippen molar-refractivity contribution in [3.8, 4) is 11.3 Å². The fourth-order valence-corrected chi connectivity index (χ4v) is 2.44. The summed E-state index contributed by atoms with van der Waals surface area (Å²) in [5.74, 6) is 0. The zero-order valence-corrected chi connectivity index (χ0v) is 12.0. The second-order valence-corrected chi connectivity index (χ2v) is 4.78. The third-order valence-electron chi connectivity index (χ3n) is 3.41. The summed E-state index contributed by atoms with van der Waals surface area (Å²) < 4.78 is 0. The van der Waals surface area contributed by atoms with Crippen molar-refractivity contribution in [1.29, 1.82) is 0 Å². The molecule has 0 fully saturated rings. The number of rotatable bonds is 4. The Hall–Kier alpha value is -1.89. The van der Waals surface area contributed by atoms with Gasteiger partial charge in [-0.2, -0.15) is 0 Å². The summed E-state index contributed by atoms with van der Waals surface area (Å²) in [7, 11) is 0. The fourth-order valence-electron chi connectivity index (χ4n) is 2.44. The summed E-state index contributed by atoms with van der Waals surface area (Å²) in [5, 5.41) is 0. The molecule has 98 valence electrons. The molecule has 0 unspecified atom stereocenters. The number of pyridine rings is 1. The van der Waals surface area contributed by atoms with Gasteiger partial charge in [0.25, 0.3) is 0 Å². The molecule has 0 amide bonds. The molecular formula is C18H21N. The maximum absolute atomic E-state index is 4.56. The van der Waals surface area contributed by atoms with Crippen LogP contribution >= 0.6 is 0 Å². The van der Waals surface area contributed by atoms with Crippen molar-refractivity contribution in [2.45, 2.75) is 33.6 Å². The SMILES string of the molecule is C/C=C(\CCC)c1ccccc1-c1ncccc1C. The third kappa shape index (κ3) is 2.93. The second kappa shape index (κ2) is 6.33. The topological polar surface area (TPSA) is 12.9 Å². The molecule has 0 aliphatic carbocycles. The zero-order chi connectivity index (χ0) is 13.7. The average Bonchev–Trinajstić information content (AvgIpc) is 2.45. The van der Waals surface area contributed by atoms with Gasteiger partial charge in [0.2, 0.25) is 0 Å². The Balaban J connectivity index is 2.56. The van der Waals surface area contributed by atoms with Crippen molar-refractivity contribution in [3.05, 3.63) is 59.8 Å². The number of aryl methyl sites for hydroxylation is 1. The highest BCUT2D eigenvalue weighted by atomic mass is 14.7. The molecule has 0 N–H and O–H groups in total. The molecule has 0 bridgehead atoms. The maximum atomic E-state index is 4.56. The predicted molar refractivity (Wildman–Crippen MR) is 83.0 cm³/mol. The van der Waals surface area contributed by atoms with E-state index in [1.54, 1.807) is 0 Å². The number of allylic oxidation sites excluding steroid dienone is 2. The van der Waals surface area contributed by atoms with Crippen LogP contribution in [0.1, 0.15) is 37.8 Å². The minimum atomic E-state index is 1.09. The van der Waals surface area contributed by atoms with Gasteiger partial charge in [0.15, 0.2) is 0 Å². The quantitative estimate of drug-likeness (QED) is 0.722. The average molecular weight is 251 g/mol. The molecule has 0 saturated heterocycles. The van der Waals surface area contributed by atoms with Crippen LogP contribution in [0.15, 0.2) is 48.7 Å². The predicted octanol–water partition coefficient (Wildman–Crippen LogP) is 5.26. The number of hydrogen-bond donors (Lipinski definition) is 0. The van der Waals surface area contributed by atoms with Crippen LogP contribution in [0.25, 0.3) is 16.8 Å². The molecule has 1 heterocycles. The molecule has 2 rings (SSSR count). The van der Waals surface area contributed by atoms with Gasteiger partial charge in [0.1, 0.15) is 0 Å². The molecule has 0 radical (unpaired) electrons. The van der Waals surface area contributed by atoms with Gasteiger partial charge in [-0.1, -0.05) is 49.8 Å². The number of nitrogens with zero attached hydrogens (tertiary/aromatic N) is 1. The second-order valence-electron chi connectivity index (χ2n) is 4.78. The monoisotopic (exact) mass is 251 g/mol. The minimum absolute atomic E-state index is 1.09. The molecule has 0 aliphatic rings. The van der Waals surface area contributed by atoms with Gasteiger partial charge in [0.05, 0.1) is 5.69 Å². The first-order chi connectivity index (χ1) is 9.27. The molecule has 1 aromatic carbocycles. The summed E-state index contributed by atoms with van der Waals surface area (Å²) in [6, 6.07) is 12.7. The molecule has 1 heteroatoms. The number of aromatic nitrogens is 1. The van der Waals surface area contributed by atoms with E-state index in [-0.39, 0.29) is 0 Å². The molecule has 19 heavy (non-hydrogen) atoms. The number of hydrogen-bond acceptors (Lipinski definition) is 1. The van der Waals surface area contributed by atoms with Gasteiger partial charge < -0.3 is 0 Å². The van der Waals surface area contributed by atoms with E-state index < -0.39 is 0 Å². The molecule has 2 aromatic rings. The van der Waals surface area contributed by atoms with E-state index in [1.807, 2.05) is 12.3 Å². The molecular weight excluding hydrogens is 230 g/mol. The van der Waals surface area contributed by atoms with Crippen LogP contribution < -0.4 is 0 Å². The first kappa shape index (κ1) is 13.5. The van der Waals surface area contributed by atoms with Gasteiger partial charge in [-0.25, -0.2) is 0 Å². The lowest BCUT2D eigenvalue weighted by Crippen LogP contribution is -1.93. The Morgan fingerprint density at radius 3 is 2.63 bits per heavy atom. The molecule has 1 aromatic heterocycles. The van der Waals surface area contributed by atoms with Crippen molar-refractivity contribution in [3.63, 3.8) is 0 Å². The lowest BCUT2D eigenvalue weighted by atomic mass is 9.93. The van der Waals surface area contributed by atoms with Gasteiger partial charge >= 0.3 is 0 Å². The number of benzene rings is 1. The van der Waals surface area contributed by atoms with E-state index in [9.17, 15) is 0 Å². The molecule has 0 saturated carbocycles. The van der Waals surface area contributed by atoms with E-state index in [2.05, 4.69) is 62.2 Å². The van der Waals surface area contributed by atoms with Crippen LogP contribution in [0.2, 0.25) is 0 Å². The summed E-state index contributed by atoms with van der Waals surface area (Å²) in [5.41, 5.74) is 6.27. The highest BCUT2D eigenvalue weighted by Crippen LogP contribution is 2.31. The van der Waals surface area contributed by atoms with Crippen molar-refractivity contribution in [2.24, 2.45) is 0 Å². The Kier molecular flexibility index (Phi) is 4.51. The lowest BCUT2D eigenvalue weighted by Gasteiger charge is -2.13. The van der Waals surface area contributed by atoms with Crippen LogP contribution in [0.5, 0.6) is 0 Å². The minimum Gasteiger partial charge on any atom is -0.256 e. The first-order valence-electron chi connectivity index (χ1n) is 6.94. The van der Waals surface area contributed by atoms with E-state index in [0.29, 0.717) is 0 Å². The van der Waals surface area contributed by atoms with E-state index in [0.717, 1.165) is 18.5 Å². The zero-order valence-electron chi connectivity index (χ0n) is 12.0. The molecule has 1 nitrogen and oxygen atoms in total. The standard InChI is InChI=1S/C18H21N/c1-4-9-15(5-2)16-11-6-7-12-17(16)18-14(3)10-8-13-19-18/h5-8,10-13H,4,9H2,1-3H3/b15-5+. The smallest absolute Gasteiger partial charge is 0.0737 e. The summed E-state index contributed by atoms with van der Waals surface area (Å²) in [4.78, 5) is 4.56. The summed E-state index contributed by atoms with van der Waals surface area (Å²) in [6.07, 6.45) is 6.36. The van der Waals surface area contributed by atoms with Crippen LogP contribution in [0.4, 0.5) is 0 Å². The highest BCUT2D eigenvalue weighted by Gasteiger charge is 2.10. The Labute approximate surface area is 116 Å². The lowest BCUT2D eigenvalue weighted by molar-refractivity contribution is 0.972. The first-order valence-corrected chi connectivity index (χ1v) is 6.94.